The molecule has 1 aliphatic rings. The Morgan fingerprint density at radius 1 is 1.19 bits per heavy atom. The zero-order valence-corrected chi connectivity index (χ0v) is 18.0. The van der Waals surface area contributed by atoms with E-state index < -0.39 is 0 Å². The van der Waals surface area contributed by atoms with Crippen LogP contribution in [0.4, 0.5) is 5.82 Å². The van der Waals surface area contributed by atoms with Crippen molar-refractivity contribution in [2.24, 2.45) is 0 Å². The summed E-state index contributed by atoms with van der Waals surface area (Å²) in [4.78, 5) is 18.4. The largest absolute Gasteiger partial charge is 0.379 e. The van der Waals surface area contributed by atoms with E-state index in [1.807, 2.05) is 11.3 Å². The standard InChI is InChI=1S/C20H26N4OS2/c1-13-5-10-26-16(13)11-23(4)19-18-14(2)15(3)27-20(18)22-17(21-19)12-24-6-8-25-9-7-24/h5,10H,6-9,11-12H2,1-4H3. The maximum Gasteiger partial charge on any atom is 0.146 e. The Morgan fingerprint density at radius 3 is 2.67 bits per heavy atom. The third kappa shape index (κ3) is 3.87. The summed E-state index contributed by atoms with van der Waals surface area (Å²) in [5.41, 5.74) is 2.65. The van der Waals surface area contributed by atoms with Gasteiger partial charge in [-0.1, -0.05) is 0 Å². The summed E-state index contributed by atoms with van der Waals surface area (Å²) in [6, 6.07) is 2.19. The Kier molecular flexibility index (Phi) is 5.45. The average molecular weight is 403 g/mol. The van der Waals surface area contributed by atoms with Gasteiger partial charge < -0.3 is 9.64 Å². The SMILES string of the molecule is Cc1ccsc1CN(C)c1nc(CN2CCOCC2)nc2sc(C)c(C)c12. The van der Waals surface area contributed by atoms with Crippen LogP contribution in [0.3, 0.4) is 0 Å². The molecule has 0 aliphatic carbocycles. The zero-order chi connectivity index (χ0) is 19.0. The third-order valence-electron chi connectivity index (χ3n) is 5.24. The second-order valence-corrected chi connectivity index (χ2v) is 9.40. The summed E-state index contributed by atoms with van der Waals surface area (Å²) in [7, 11) is 2.14. The highest BCUT2D eigenvalue weighted by Crippen LogP contribution is 2.35. The van der Waals surface area contributed by atoms with E-state index in [0.717, 1.165) is 55.9 Å². The molecule has 3 aromatic rings. The molecule has 0 radical (unpaired) electrons. The van der Waals surface area contributed by atoms with Gasteiger partial charge in [0.1, 0.15) is 16.5 Å². The number of ether oxygens (including phenoxy) is 1. The number of hydrogen-bond donors (Lipinski definition) is 0. The van der Waals surface area contributed by atoms with Gasteiger partial charge in [-0.25, -0.2) is 9.97 Å². The van der Waals surface area contributed by atoms with E-state index in [1.165, 1.54) is 26.3 Å². The van der Waals surface area contributed by atoms with Gasteiger partial charge in [0, 0.05) is 29.9 Å². The number of fused-ring (bicyclic) bond motifs is 1. The first-order chi connectivity index (χ1) is 13.0. The first-order valence-electron chi connectivity index (χ1n) is 9.33. The normalized spacial score (nSPS) is 15.6. The summed E-state index contributed by atoms with van der Waals surface area (Å²) in [5, 5.41) is 3.37. The predicted octanol–water partition coefficient (Wildman–Crippen LogP) is 4.15. The lowest BCUT2D eigenvalue weighted by Gasteiger charge is -2.26. The number of rotatable bonds is 5. The Morgan fingerprint density at radius 2 is 1.96 bits per heavy atom. The molecule has 0 spiro atoms. The zero-order valence-electron chi connectivity index (χ0n) is 16.4. The summed E-state index contributed by atoms with van der Waals surface area (Å²) >= 11 is 3.59. The monoisotopic (exact) mass is 402 g/mol. The van der Waals surface area contributed by atoms with Gasteiger partial charge in [-0.05, 0) is 43.3 Å². The van der Waals surface area contributed by atoms with Crippen LogP contribution in [-0.2, 0) is 17.8 Å². The molecule has 4 heterocycles. The Hall–Kier alpha value is -1.54. The molecule has 0 aromatic carbocycles. The van der Waals surface area contributed by atoms with Gasteiger partial charge in [0.2, 0.25) is 0 Å². The van der Waals surface area contributed by atoms with Crippen molar-refractivity contribution in [2.75, 3.05) is 38.3 Å². The van der Waals surface area contributed by atoms with Crippen molar-refractivity contribution < 1.29 is 4.74 Å². The molecule has 0 bridgehead atoms. The molecule has 0 unspecified atom stereocenters. The maximum absolute atomic E-state index is 5.47. The molecule has 1 fully saturated rings. The Labute approximate surface area is 168 Å². The minimum absolute atomic E-state index is 0.786. The van der Waals surface area contributed by atoms with Gasteiger partial charge in [0.25, 0.3) is 0 Å². The molecule has 0 atom stereocenters. The summed E-state index contributed by atoms with van der Waals surface area (Å²) in [6.45, 7) is 11.7. The van der Waals surface area contributed by atoms with Crippen LogP contribution in [0.25, 0.3) is 10.2 Å². The van der Waals surface area contributed by atoms with Gasteiger partial charge in [0.15, 0.2) is 0 Å². The third-order valence-corrected chi connectivity index (χ3v) is 7.34. The molecule has 7 heteroatoms. The van der Waals surface area contributed by atoms with Gasteiger partial charge in [0.05, 0.1) is 31.7 Å². The number of anilines is 1. The number of aryl methyl sites for hydroxylation is 3. The highest BCUT2D eigenvalue weighted by molar-refractivity contribution is 7.18. The fraction of sp³-hybridized carbons (Fsp3) is 0.500. The average Bonchev–Trinajstić information content (AvgIpc) is 3.18. The molecule has 0 N–H and O–H groups in total. The second kappa shape index (κ2) is 7.83. The molecule has 3 aromatic heterocycles. The number of thiophene rings is 2. The van der Waals surface area contributed by atoms with Crippen LogP contribution in [0.5, 0.6) is 0 Å². The van der Waals surface area contributed by atoms with Gasteiger partial charge in [-0.3, -0.25) is 4.90 Å². The van der Waals surface area contributed by atoms with E-state index in [9.17, 15) is 0 Å². The van der Waals surface area contributed by atoms with Crippen LogP contribution in [0, 0.1) is 20.8 Å². The Balaban J connectivity index is 1.70. The fourth-order valence-corrected chi connectivity index (χ4v) is 5.44. The first kappa shape index (κ1) is 18.8. The molecule has 0 amide bonds. The molecule has 0 saturated carbocycles. The molecular formula is C20H26N4OS2. The molecule has 4 rings (SSSR count). The fourth-order valence-electron chi connectivity index (χ4n) is 3.43. The van der Waals surface area contributed by atoms with Gasteiger partial charge in [-0.2, -0.15) is 0 Å². The van der Waals surface area contributed by atoms with Crippen LogP contribution in [0.1, 0.15) is 26.7 Å². The number of hydrogen-bond acceptors (Lipinski definition) is 7. The minimum atomic E-state index is 0.786. The van der Waals surface area contributed by atoms with Gasteiger partial charge >= 0.3 is 0 Å². The summed E-state index contributed by atoms with van der Waals surface area (Å²) in [6.07, 6.45) is 0. The highest BCUT2D eigenvalue weighted by Gasteiger charge is 2.20. The quantitative estimate of drug-likeness (QED) is 0.641. The van der Waals surface area contributed by atoms with Crippen molar-refractivity contribution in [3.8, 4) is 0 Å². The molecule has 5 nitrogen and oxygen atoms in total. The minimum Gasteiger partial charge on any atom is -0.379 e. The van der Waals surface area contributed by atoms with Crippen LogP contribution >= 0.6 is 22.7 Å². The van der Waals surface area contributed by atoms with Crippen LogP contribution in [0.2, 0.25) is 0 Å². The lowest BCUT2D eigenvalue weighted by Crippen LogP contribution is -2.36. The molecule has 27 heavy (non-hydrogen) atoms. The van der Waals surface area contributed by atoms with Crippen molar-refractivity contribution in [2.45, 2.75) is 33.9 Å². The van der Waals surface area contributed by atoms with Crippen LogP contribution in [-0.4, -0.2) is 48.2 Å². The topological polar surface area (TPSA) is 41.5 Å². The van der Waals surface area contributed by atoms with Crippen molar-refractivity contribution in [1.82, 2.24) is 14.9 Å². The molecule has 1 aliphatic heterocycles. The van der Waals surface area contributed by atoms with E-state index in [0.29, 0.717) is 0 Å². The van der Waals surface area contributed by atoms with E-state index >= 15 is 0 Å². The van der Waals surface area contributed by atoms with E-state index in [4.69, 9.17) is 14.7 Å². The maximum atomic E-state index is 5.47. The highest BCUT2D eigenvalue weighted by atomic mass is 32.1. The number of aromatic nitrogens is 2. The molecule has 1 saturated heterocycles. The van der Waals surface area contributed by atoms with Gasteiger partial charge in [-0.15, -0.1) is 22.7 Å². The molecular weight excluding hydrogens is 376 g/mol. The lowest BCUT2D eigenvalue weighted by molar-refractivity contribution is 0.0331. The Bertz CT molecular complexity index is 943. The summed E-state index contributed by atoms with van der Waals surface area (Å²) in [5.74, 6) is 1.97. The predicted molar refractivity (Wildman–Crippen MR) is 114 cm³/mol. The summed E-state index contributed by atoms with van der Waals surface area (Å²) < 4.78 is 5.47. The lowest BCUT2D eigenvalue weighted by atomic mass is 10.2. The van der Waals surface area contributed by atoms with Crippen molar-refractivity contribution >= 4 is 38.7 Å². The van der Waals surface area contributed by atoms with Crippen molar-refractivity contribution in [3.05, 3.63) is 38.2 Å². The smallest absolute Gasteiger partial charge is 0.146 e. The number of morpholine rings is 1. The first-order valence-corrected chi connectivity index (χ1v) is 11.0. The van der Waals surface area contributed by atoms with Crippen molar-refractivity contribution in [1.29, 1.82) is 0 Å². The van der Waals surface area contributed by atoms with Crippen LogP contribution < -0.4 is 4.90 Å². The molecule has 144 valence electrons. The second-order valence-electron chi connectivity index (χ2n) is 7.20. The number of nitrogens with zero attached hydrogens (tertiary/aromatic N) is 4. The van der Waals surface area contributed by atoms with E-state index in [-0.39, 0.29) is 0 Å². The van der Waals surface area contributed by atoms with Crippen molar-refractivity contribution in [3.63, 3.8) is 0 Å². The van der Waals surface area contributed by atoms with E-state index in [2.05, 4.69) is 49.1 Å². The van der Waals surface area contributed by atoms with E-state index in [1.54, 1.807) is 11.3 Å². The van der Waals surface area contributed by atoms with Crippen LogP contribution in [0.15, 0.2) is 11.4 Å².